The molecule has 0 saturated heterocycles. The average molecular weight is 271 g/mol. The lowest BCUT2D eigenvalue weighted by Crippen LogP contribution is -1.89. The highest BCUT2D eigenvalue weighted by molar-refractivity contribution is 9.09. The molecular formula is C11H11BrO3. The molecule has 0 spiro atoms. The van der Waals surface area contributed by atoms with E-state index in [1.165, 1.54) is 13.2 Å². The third kappa shape index (κ3) is 2.83. The number of hydrogen-bond donors (Lipinski definition) is 1. The summed E-state index contributed by atoms with van der Waals surface area (Å²) in [7, 11) is 1.45. The molecule has 0 unspecified atom stereocenters. The normalized spacial score (nSPS) is 10.5. The highest BCUT2D eigenvalue weighted by Gasteiger charge is 2.07. The number of halogens is 1. The summed E-state index contributed by atoms with van der Waals surface area (Å²) in [6.07, 6.45) is 4.26. The van der Waals surface area contributed by atoms with Gasteiger partial charge in [0.05, 0.1) is 7.11 Å². The first-order chi connectivity index (χ1) is 7.22. The number of carbonyl (C=O) groups excluding carboxylic acids is 1. The Labute approximate surface area is 96.5 Å². The van der Waals surface area contributed by atoms with Crippen LogP contribution in [0.2, 0.25) is 0 Å². The van der Waals surface area contributed by atoms with E-state index in [4.69, 9.17) is 4.74 Å². The number of ether oxygens (including phenoxy) is 1. The second-order valence-corrected chi connectivity index (χ2v) is 3.48. The number of alkyl halides is 1. The molecule has 0 fully saturated rings. The van der Waals surface area contributed by atoms with Gasteiger partial charge in [-0.05, 0) is 12.1 Å². The highest BCUT2D eigenvalue weighted by Crippen LogP contribution is 2.31. The fraction of sp³-hybridized carbons (Fsp3) is 0.182. The van der Waals surface area contributed by atoms with Gasteiger partial charge in [0.1, 0.15) is 6.29 Å². The molecule has 1 rings (SSSR count). The largest absolute Gasteiger partial charge is 0.504 e. The van der Waals surface area contributed by atoms with Crippen LogP contribution in [-0.2, 0) is 0 Å². The number of aromatic hydroxyl groups is 1. The number of benzene rings is 1. The van der Waals surface area contributed by atoms with Crippen LogP contribution in [-0.4, -0.2) is 23.8 Å². The second-order valence-electron chi connectivity index (χ2n) is 2.84. The van der Waals surface area contributed by atoms with Gasteiger partial charge in [-0.15, -0.1) is 0 Å². The zero-order chi connectivity index (χ0) is 11.3. The van der Waals surface area contributed by atoms with Gasteiger partial charge in [0.15, 0.2) is 11.5 Å². The predicted octanol–water partition coefficient (Wildman–Crippen LogP) is 2.62. The molecule has 0 aliphatic carbocycles. The first kappa shape index (κ1) is 11.8. The summed E-state index contributed by atoms with van der Waals surface area (Å²) in [4.78, 5) is 10.6. The molecule has 1 N–H and O–H groups in total. The minimum atomic E-state index is 0.0419. The Morgan fingerprint density at radius 3 is 2.80 bits per heavy atom. The van der Waals surface area contributed by atoms with Crippen molar-refractivity contribution >= 4 is 28.3 Å². The molecule has 0 aromatic heterocycles. The zero-order valence-electron chi connectivity index (χ0n) is 8.24. The van der Waals surface area contributed by atoms with Crippen LogP contribution in [0.15, 0.2) is 18.2 Å². The monoisotopic (exact) mass is 270 g/mol. The van der Waals surface area contributed by atoms with Crippen molar-refractivity contribution in [2.45, 2.75) is 0 Å². The van der Waals surface area contributed by atoms with Crippen LogP contribution >= 0.6 is 15.9 Å². The van der Waals surface area contributed by atoms with Gasteiger partial charge in [-0.1, -0.05) is 28.1 Å². The van der Waals surface area contributed by atoms with Crippen LogP contribution in [0.1, 0.15) is 15.9 Å². The molecule has 0 atom stereocenters. The van der Waals surface area contributed by atoms with Crippen LogP contribution in [0.5, 0.6) is 11.5 Å². The topological polar surface area (TPSA) is 46.5 Å². The third-order valence-electron chi connectivity index (χ3n) is 1.87. The first-order valence-corrected chi connectivity index (χ1v) is 5.43. The fourth-order valence-corrected chi connectivity index (χ4v) is 1.36. The molecule has 0 amide bonds. The van der Waals surface area contributed by atoms with Gasteiger partial charge in [-0.2, -0.15) is 0 Å². The van der Waals surface area contributed by atoms with Crippen molar-refractivity contribution in [1.29, 1.82) is 0 Å². The lowest BCUT2D eigenvalue weighted by molar-refractivity contribution is 0.112. The molecule has 1 aromatic carbocycles. The van der Waals surface area contributed by atoms with Gasteiger partial charge in [0, 0.05) is 16.5 Å². The summed E-state index contributed by atoms with van der Waals surface area (Å²) < 4.78 is 4.95. The molecule has 80 valence electrons. The molecule has 1 aromatic rings. The Kier molecular flexibility index (Phi) is 4.37. The molecule has 4 heteroatoms. The van der Waals surface area contributed by atoms with Gasteiger partial charge in [-0.3, -0.25) is 4.79 Å². The predicted molar refractivity (Wildman–Crippen MR) is 62.9 cm³/mol. The van der Waals surface area contributed by atoms with Crippen molar-refractivity contribution in [3.8, 4) is 11.5 Å². The van der Waals surface area contributed by atoms with E-state index in [0.29, 0.717) is 28.5 Å². The van der Waals surface area contributed by atoms with Crippen molar-refractivity contribution in [2.75, 3.05) is 12.4 Å². The Morgan fingerprint density at radius 1 is 1.53 bits per heavy atom. The van der Waals surface area contributed by atoms with Crippen molar-refractivity contribution in [1.82, 2.24) is 0 Å². The summed E-state index contributed by atoms with van der Waals surface area (Å²) >= 11 is 3.23. The maximum Gasteiger partial charge on any atom is 0.165 e. The van der Waals surface area contributed by atoms with Gasteiger partial charge in [0.2, 0.25) is 0 Å². The minimum absolute atomic E-state index is 0.0419. The molecule has 0 radical (unpaired) electrons. The van der Waals surface area contributed by atoms with Gasteiger partial charge in [0.25, 0.3) is 0 Å². The Hall–Kier alpha value is -1.29. The van der Waals surface area contributed by atoms with Crippen molar-refractivity contribution in [2.24, 2.45) is 0 Å². The summed E-state index contributed by atoms with van der Waals surface area (Å²) in [5.74, 6) is 0.342. The lowest BCUT2D eigenvalue weighted by atomic mass is 10.1. The number of carbonyl (C=O) groups is 1. The smallest absolute Gasteiger partial charge is 0.165 e. The van der Waals surface area contributed by atoms with Crippen molar-refractivity contribution in [3.05, 3.63) is 29.3 Å². The summed E-state index contributed by atoms with van der Waals surface area (Å²) in [5, 5.41) is 10.4. The van der Waals surface area contributed by atoms with E-state index in [0.717, 1.165) is 0 Å². The van der Waals surface area contributed by atoms with E-state index in [1.54, 1.807) is 12.1 Å². The van der Waals surface area contributed by atoms with Crippen LogP contribution < -0.4 is 4.74 Å². The number of allylic oxidation sites excluding steroid dienone is 1. The fourth-order valence-electron chi connectivity index (χ4n) is 1.17. The molecule has 0 aliphatic rings. The number of phenols is 1. The number of methoxy groups -OCH3 is 1. The van der Waals surface area contributed by atoms with E-state index >= 15 is 0 Å². The minimum Gasteiger partial charge on any atom is -0.504 e. The number of aldehydes is 1. The van der Waals surface area contributed by atoms with Gasteiger partial charge in [-0.25, -0.2) is 0 Å². The van der Waals surface area contributed by atoms with Crippen LogP contribution in [0, 0.1) is 0 Å². The Morgan fingerprint density at radius 2 is 2.27 bits per heavy atom. The third-order valence-corrected chi connectivity index (χ3v) is 2.24. The van der Waals surface area contributed by atoms with E-state index in [2.05, 4.69) is 15.9 Å². The van der Waals surface area contributed by atoms with E-state index in [9.17, 15) is 9.90 Å². The van der Waals surface area contributed by atoms with Crippen LogP contribution in [0.4, 0.5) is 0 Å². The van der Waals surface area contributed by atoms with Gasteiger partial charge >= 0.3 is 0 Å². The Balaban J connectivity index is 3.23. The van der Waals surface area contributed by atoms with Crippen LogP contribution in [0.25, 0.3) is 6.08 Å². The SMILES string of the molecule is COc1cc(C=O)cc(C=CCBr)c1O. The maximum absolute atomic E-state index is 10.6. The molecule has 0 saturated carbocycles. The van der Waals surface area contributed by atoms with Gasteiger partial charge < -0.3 is 9.84 Å². The quantitative estimate of drug-likeness (QED) is 0.676. The summed E-state index contributed by atoms with van der Waals surface area (Å²) in [5.41, 5.74) is 1.04. The summed E-state index contributed by atoms with van der Waals surface area (Å²) in [6.45, 7) is 0. The standard InChI is InChI=1S/C11H11BrO3/c1-15-10-6-8(7-13)5-9(11(10)14)3-2-4-12/h2-3,5-7,14H,4H2,1H3. The summed E-state index contributed by atoms with van der Waals surface area (Å²) in [6, 6.07) is 3.10. The number of hydrogen-bond acceptors (Lipinski definition) is 3. The highest BCUT2D eigenvalue weighted by atomic mass is 79.9. The molecule has 0 heterocycles. The van der Waals surface area contributed by atoms with Crippen molar-refractivity contribution in [3.63, 3.8) is 0 Å². The molecular weight excluding hydrogens is 260 g/mol. The van der Waals surface area contributed by atoms with Crippen LogP contribution in [0.3, 0.4) is 0 Å². The second kappa shape index (κ2) is 5.56. The molecule has 0 bridgehead atoms. The van der Waals surface area contributed by atoms with Crippen molar-refractivity contribution < 1.29 is 14.6 Å². The molecule has 15 heavy (non-hydrogen) atoms. The van der Waals surface area contributed by atoms with E-state index in [1.807, 2.05) is 6.08 Å². The van der Waals surface area contributed by atoms with E-state index < -0.39 is 0 Å². The van der Waals surface area contributed by atoms with E-state index in [-0.39, 0.29) is 5.75 Å². The zero-order valence-corrected chi connectivity index (χ0v) is 9.82. The number of phenolic OH excluding ortho intramolecular Hbond substituents is 1. The Bertz CT molecular complexity index is 386. The average Bonchev–Trinajstić information content (AvgIpc) is 2.27. The lowest BCUT2D eigenvalue weighted by Gasteiger charge is -2.07. The maximum atomic E-state index is 10.6. The number of rotatable bonds is 4. The first-order valence-electron chi connectivity index (χ1n) is 4.31. The molecule has 0 aliphatic heterocycles. The molecule has 3 nitrogen and oxygen atoms in total.